The Labute approximate surface area is 117 Å². The number of aliphatic hydroxyl groups is 1. The number of aliphatic hydroxyl groups excluding tert-OH is 1. The van der Waals surface area contributed by atoms with Gasteiger partial charge in [0.25, 0.3) is 0 Å². The Hall–Kier alpha value is -1.69. The summed E-state index contributed by atoms with van der Waals surface area (Å²) < 4.78 is 0. The number of carboxylic acid groups (broad SMARTS) is 1. The smallest absolute Gasteiger partial charge is 0.407 e. The number of nitrogens with zero attached hydrogens (tertiary/aromatic N) is 3. The molecule has 0 saturated carbocycles. The standard InChI is InChI=1S/C14H19N3O3/c1-8-6-10(18)13-11(8)12(15-7-16-13)9-4-2-3-5-17(9)14(19)20/h7-10,18H,2-6H2,1H3,(H,19,20)/t8-,9?,10-/m1/s1. The summed E-state index contributed by atoms with van der Waals surface area (Å²) in [4.78, 5) is 21.4. The molecule has 1 aromatic heterocycles. The van der Waals surface area contributed by atoms with Crippen LogP contribution in [0.5, 0.6) is 0 Å². The maximum Gasteiger partial charge on any atom is 0.407 e. The summed E-state index contributed by atoms with van der Waals surface area (Å²) in [5.41, 5.74) is 2.43. The third kappa shape index (κ3) is 2.04. The number of fused-ring (bicyclic) bond motifs is 1. The molecule has 6 heteroatoms. The van der Waals surface area contributed by atoms with Crippen LogP contribution in [-0.2, 0) is 0 Å². The zero-order valence-electron chi connectivity index (χ0n) is 11.5. The molecule has 108 valence electrons. The van der Waals surface area contributed by atoms with Gasteiger partial charge in [0.05, 0.1) is 23.5 Å². The molecule has 1 saturated heterocycles. The Morgan fingerprint density at radius 3 is 2.85 bits per heavy atom. The lowest BCUT2D eigenvalue weighted by Gasteiger charge is -2.34. The van der Waals surface area contributed by atoms with E-state index in [9.17, 15) is 15.0 Å². The SMILES string of the molecule is C[C@@H]1C[C@@H](O)c2ncnc(C3CCCCN3C(=O)O)c21. The van der Waals surface area contributed by atoms with E-state index in [1.807, 2.05) is 6.92 Å². The highest BCUT2D eigenvalue weighted by Gasteiger charge is 2.37. The van der Waals surface area contributed by atoms with Crippen LogP contribution in [0.15, 0.2) is 6.33 Å². The summed E-state index contributed by atoms with van der Waals surface area (Å²) in [6, 6.07) is -0.203. The van der Waals surface area contributed by atoms with Gasteiger partial charge in [-0.1, -0.05) is 6.92 Å². The predicted octanol–water partition coefficient (Wildman–Crippen LogP) is 2.22. The molecular weight excluding hydrogens is 258 g/mol. The number of rotatable bonds is 1. The van der Waals surface area contributed by atoms with Crippen molar-refractivity contribution in [3.8, 4) is 0 Å². The third-order valence-corrected chi connectivity index (χ3v) is 4.39. The highest BCUT2D eigenvalue weighted by molar-refractivity contribution is 5.66. The van der Waals surface area contributed by atoms with Crippen LogP contribution in [0.2, 0.25) is 0 Å². The molecule has 3 atom stereocenters. The number of hydrogen-bond donors (Lipinski definition) is 2. The van der Waals surface area contributed by atoms with E-state index in [1.165, 1.54) is 11.2 Å². The van der Waals surface area contributed by atoms with Crippen molar-refractivity contribution in [1.29, 1.82) is 0 Å². The second-order valence-electron chi connectivity index (χ2n) is 5.70. The number of aromatic nitrogens is 2. The monoisotopic (exact) mass is 277 g/mol. The van der Waals surface area contributed by atoms with Crippen LogP contribution < -0.4 is 0 Å². The second-order valence-corrected chi connectivity index (χ2v) is 5.70. The van der Waals surface area contributed by atoms with Crippen LogP contribution in [0, 0.1) is 0 Å². The van der Waals surface area contributed by atoms with Crippen molar-refractivity contribution in [2.24, 2.45) is 0 Å². The molecule has 1 aliphatic carbocycles. The largest absolute Gasteiger partial charge is 0.465 e. The first-order valence-electron chi connectivity index (χ1n) is 7.12. The van der Waals surface area contributed by atoms with Gasteiger partial charge in [-0.3, -0.25) is 4.90 Å². The summed E-state index contributed by atoms with van der Waals surface area (Å²) in [6.45, 7) is 2.59. The van der Waals surface area contributed by atoms with Crippen LogP contribution in [-0.4, -0.2) is 37.7 Å². The molecule has 0 aromatic carbocycles. The van der Waals surface area contributed by atoms with Crippen molar-refractivity contribution in [1.82, 2.24) is 14.9 Å². The van der Waals surface area contributed by atoms with Crippen LogP contribution in [0.25, 0.3) is 0 Å². The Morgan fingerprint density at radius 1 is 1.35 bits per heavy atom. The average molecular weight is 277 g/mol. The van der Waals surface area contributed by atoms with Crippen molar-refractivity contribution >= 4 is 6.09 Å². The zero-order chi connectivity index (χ0) is 14.3. The first kappa shape index (κ1) is 13.3. The lowest BCUT2D eigenvalue weighted by atomic mass is 9.93. The molecular formula is C14H19N3O3. The summed E-state index contributed by atoms with van der Waals surface area (Å²) in [7, 11) is 0. The minimum absolute atomic E-state index is 0.175. The average Bonchev–Trinajstić information content (AvgIpc) is 2.74. The van der Waals surface area contributed by atoms with E-state index in [4.69, 9.17) is 0 Å². The van der Waals surface area contributed by atoms with Gasteiger partial charge in [0.15, 0.2) is 0 Å². The molecule has 20 heavy (non-hydrogen) atoms. The van der Waals surface area contributed by atoms with E-state index in [0.717, 1.165) is 30.5 Å². The van der Waals surface area contributed by atoms with Gasteiger partial charge >= 0.3 is 6.09 Å². The summed E-state index contributed by atoms with van der Waals surface area (Å²) in [5, 5.41) is 19.4. The lowest BCUT2D eigenvalue weighted by Crippen LogP contribution is -2.38. The maximum absolute atomic E-state index is 11.4. The van der Waals surface area contributed by atoms with E-state index in [1.54, 1.807) is 0 Å². The van der Waals surface area contributed by atoms with Crippen molar-refractivity contribution in [2.75, 3.05) is 6.54 Å². The Balaban J connectivity index is 2.04. The third-order valence-electron chi connectivity index (χ3n) is 4.39. The molecule has 0 spiro atoms. The van der Waals surface area contributed by atoms with Crippen molar-refractivity contribution in [3.05, 3.63) is 23.3 Å². The molecule has 0 radical (unpaired) electrons. The maximum atomic E-state index is 11.4. The minimum Gasteiger partial charge on any atom is -0.465 e. The first-order valence-corrected chi connectivity index (χ1v) is 7.12. The van der Waals surface area contributed by atoms with Crippen LogP contribution in [0.1, 0.15) is 67.6 Å². The highest BCUT2D eigenvalue weighted by atomic mass is 16.4. The number of hydrogen-bond acceptors (Lipinski definition) is 4. The first-order chi connectivity index (χ1) is 9.59. The van der Waals surface area contributed by atoms with Crippen molar-refractivity contribution in [2.45, 2.75) is 50.7 Å². The van der Waals surface area contributed by atoms with Crippen molar-refractivity contribution < 1.29 is 15.0 Å². The van der Waals surface area contributed by atoms with Gasteiger partial charge in [-0.2, -0.15) is 0 Å². The van der Waals surface area contributed by atoms with Gasteiger partial charge in [0.1, 0.15) is 6.33 Å². The molecule has 0 bridgehead atoms. The van der Waals surface area contributed by atoms with Crippen molar-refractivity contribution in [3.63, 3.8) is 0 Å². The minimum atomic E-state index is -0.895. The van der Waals surface area contributed by atoms with Gasteiger partial charge in [0.2, 0.25) is 0 Å². The summed E-state index contributed by atoms with van der Waals surface area (Å²) in [5.74, 6) is 0.175. The molecule has 2 N–H and O–H groups in total. The fourth-order valence-corrected chi connectivity index (χ4v) is 3.47. The van der Waals surface area contributed by atoms with Gasteiger partial charge in [-0.15, -0.1) is 0 Å². The molecule has 3 rings (SSSR count). The normalized spacial score (nSPS) is 29.3. The molecule has 2 aliphatic rings. The zero-order valence-corrected chi connectivity index (χ0v) is 11.5. The van der Waals surface area contributed by atoms with Crippen LogP contribution >= 0.6 is 0 Å². The molecule has 6 nitrogen and oxygen atoms in total. The van der Waals surface area contributed by atoms with E-state index in [0.29, 0.717) is 18.7 Å². The number of piperidine rings is 1. The molecule has 1 fully saturated rings. The van der Waals surface area contributed by atoms with Gasteiger partial charge in [0, 0.05) is 12.1 Å². The van der Waals surface area contributed by atoms with Crippen LogP contribution in [0.3, 0.4) is 0 Å². The summed E-state index contributed by atoms with van der Waals surface area (Å²) >= 11 is 0. The second kappa shape index (κ2) is 5.01. The quantitative estimate of drug-likeness (QED) is 0.822. The van der Waals surface area contributed by atoms with Gasteiger partial charge in [-0.25, -0.2) is 14.8 Å². The van der Waals surface area contributed by atoms with Gasteiger partial charge < -0.3 is 10.2 Å². The molecule has 1 amide bonds. The predicted molar refractivity (Wildman–Crippen MR) is 71.3 cm³/mol. The Kier molecular flexibility index (Phi) is 3.33. The van der Waals surface area contributed by atoms with Gasteiger partial charge in [-0.05, 0) is 31.6 Å². The molecule has 1 aliphatic heterocycles. The molecule has 1 unspecified atom stereocenters. The highest BCUT2D eigenvalue weighted by Crippen LogP contribution is 2.43. The van der Waals surface area contributed by atoms with E-state index < -0.39 is 12.2 Å². The van der Waals surface area contributed by atoms with E-state index in [2.05, 4.69) is 9.97 Å². The van der Waals surface area contributed by atoms with E-state index in [-0.39, 0.29) is 12.0 Å². The Morgan fingerprint density at radius 2 is 2.10 bits per heavy atom. The van der Waals surface area contributed by atoms with Crippen LogP contribution in [0.4, 0.5) is 4.79 Å². The number of amides is 1. The van der Waals surface area contributed by atoms with E-state index >= 15 is 0 Å². The molecule has 1 aromatic rings. The number of likely N-dealkylation sites (tertiary alicyclic amines) is 1. The topological polar surface area (TPSA) is 86.6 Å². The lowest BCUT2D eigenvalue weighted by molar-refractivity contribution is 0.105. The number of carbonyl (C=O) groups is 1. The molecule has 2 heterocycles. The fraction of sp³-hybridized carbons (Fsp3) is 0.643. The summed E-state index contributed by atoms with van der Waals surface area (Å²) in [6.07, 6.45) is 3.33. The fourth-order valence-electron chi connectivity index (χ4n) is 3.47. The Bertz CT molecular complexity index is 534.